The van der Waals surface area contributed by atoms with E-state index in [4.69, 9.17) is 4.74 Å². The van der Waals surface area contributed by atoms with Crippen LogP contribution in [0, 0.1) is 0 Å². The first-order valence-electron chi connectivity index (χ1n) is 8.57. The van der Waals surface area contributed by atoms with Crippen molar-refractivity contribution in [2.24, 2.45) is 0 Å². The van der Waals surface area contributed by atoms with Crippen LogP contribution >= 0.6 is 23.1 Å². The summed E-state index contributed by atoms with van der Waals surface area (Å²) in [5, 5.41) is 7.14. The molecule has 3 rings (SSSR count). The van der Waals surface area contributed by atoms with Gasteiger partial charge in [-0.1, -0.05) is 12.1 Å². The van der Waals surface area contributed by atoms with Crippen LogP contribution in [-0.4, -0.2) is 36.8 Å². The molecular weight excluding hydrogens is 368 g/mol. The smallest absolute Gasteiger partial charge is 0.267 e. The van der Waals surface area contributed by atoms with E-state index in [1.165, 1.54) is 5.56 Å². The largest absolute Gasteiger partial charge is 0.479 e. The van der Waals surface area contributed by atoms with E-state index in [1.54, 1.807) is 34.9 Å². The lowest BCUT2D eigenvalue weighted by atomic mass is 10.1. The molecule has 1 atom stereocenters. The van der Waals surface area contributed by atoms with E-state index >= 15 is 0 Å². The van der Waals surface area contributed by atoms with E-state index in [-0.39, 0.29) is 18.2 Å². The maximum absolute atomic E-state index is 12.4. The third-order valence-electron chi connectivity index (χ3n) is 4.05. The van der Waals surface area contributed by atoms with E-state index in [0.29, 0.717) is 18.8 Å². The lowest BCUT2D eigenvalue weighted by Crippen LogP contribution is -2.45. The summed E-state index contributed by atoms with van der Waals surface area (Å²) in [6.45, 7) is 2.73. The molecule has 1 aliphatic heterocycles. The predicted molar refractivity (Wildman–Crippen MR) is 107 cm³/mol. The molecule has 138 valence electrons. The Bertz CT molecular complexity index is 749. The van der Waals surface area contributed by atoms with E-state index < -0.39 is 6.10 Å². The molecule has 2 aromatic rings. The highest BCUT2D eigenvalue weighted by atomic mass is 32.2. The molecule has 1 aromatic carbocycles. The number of fused-ring (bicyclic) bond motifs is 1. The Balaban J connectivity index is 1.41. The molecule has 26 heavy (non-hydrogen) atoms. The first-order valence-corrected chi connectivity index (χ1v) is 10.7. The summed E-state index contributed by atoms with van der Waals surface area (Å²) in [5.74, 6) is 2.38. The van der Waals surface area contributed by atoms with Crippen LogP contribution in [0.3, 0.4) is 0 Å². The van der Waals surface area contributed by atoms with Gasteiger partial charge in [0.25, 0.3) is 5.91 Å². The van der Waals surface area contributed by atoms with Crippen LogP contribution < -0.4 is 15.0 Å². The van der Waals surface area contributed by atoms with Gasteiger partial charge < -0.3 is 15.0 Å². The number of carbonyl (C=O) groups is 2. The molecule has 1 N–H and O–H groups in total. The summed E-state index contributed by atoms with van der Waals surface area (Å²) < 4.78 is 5.61. The number of rotatable bonds is 8. The second kappa shape index (κ2) is 9.09. The number of hydrogen-bond donors (Lipinski definition) is 1. The Morgan fingerprint density at radius 1 is 1.35 bits per heavy atom. The summed E-state index contributed by atoms with van der Waals surface area (Å²) in [6, 6.07) is 9.55. The quantitative estimate of drug-likeness (QED) is 0.703. The van der Waals surface area contributed by atoms with Gasteiger partial charge in [-0.05, 0) is 41.4 Å². The minimum absolute atomic E-state index is 0.0365. The molecule has 0 aliphatic carbocycles. The number of ether oxygens (including phenoxy) is 1. The third-order valence-corrected chi connectivity index (χ3v) is 5.82. The summed E-state index contributed by atoms with van der Waals surface area (Å²) >= 11 is 3.50. The first kappa shape index (κ1) is 18.8. The fourth-order valence-electron chi connectivity index (χ4n) is 2.72. The first-order chi connectivity index (χ1) is 12.6. The summed E-state index contributed by atoms with van der Waals surface area (Å²) in [4.78, 5) is 26.1. The van der Waals surface area contributed by atoms with Gasteiger partial charge in [0.1, 0.15) is 5.75 Å². The highest BCUT2D eigenvalue weighted by Gasteiger charge is 2.31. The lowest BCUT2D eigenvalue weighted by Gasteiger charge is -2.32. The van der Waals surface area contributed by atoms with E-state index in [1.807, 2.05) is 24.3 Å². The molecular formula is C19H22N2O3S2. The van der Waals surface area contributed by atoms with Gasteiger partial charge in [-0.15, -0.1) is 0 Å². The fourth-order valence-corrected chi connectivity index (χ4v) is 4.30. The number of thioether (sulfide) groups is 1. The highest BCUT2D eigenvalue weighted by molar-refractivity contribution is 7.98. The number of thiophene rings is 1. The van der Waals surface area contributed by atoms with Gasteiger partial charge >= 0.3 is 0 Å². The van der Waals surface area contributed by atoms with Gasteiger partial charge in [0.05, 0.1) is 5.69 Å². The number of nitrogens with one attached hydrogen (secondary N) is 1. The van der Waals surface area contributed by atoms with Crippen LogP contribution in [0.25, 0.3) is 0 Å². The molecule has 1 aromatic heterocycles. The van der Waals surface area contributed by atoms with E-state index in [2.05, 4.69) is 22.1 Å². The number of hydrogen-bond acceptors (Lipinski definition) is 5. The average Bonchev–Trinajstić information content (AvgIpc) is 3.15. The summed E-state index contributed by atoms with van der Waals surface area (Å²) in [5.41, 5.74) is 2.06. The van der Waals surface area contributed by atoms with E-state index in [9.17, 15) is 9.59 Å². The zero-order chi connectivity index (χ0) is 18.4. The second-order valence-corrected chi connectivity index (χ2v) is 7.89. The maximum atomic E-state index is 12.4. The molecule has 0 radical (unpaired) electrons. The number of anilines is 1. The van der Waals surface area contributed by atoms with Crippen LogP contribution in [0.15, 0.2) is 41.1 Å². The van der Waals surface area contributed by atoms with Crippen molar-refractivity contribution >= 4 is 40.6 Å². The van der Waals surface area contributed by atoms with Crippen molar-refractivity contribution < 1.29 is 14.3 Å². The second-order valence-electron chi connectivity index (χ2n) is 6.00. The topological polar surface area (TPSA) is 58.6 Å². The molecule has 0 bridgehead atoms. The Kier molecular flexibility index (Phi) is 6.57. The SMILES string of the molecule is CC1Oc2ccccc2N(CCC(=O)NCCSCc2ccsc2)C1=O. The van der Waals surface area contributed by atoms with Gasteiger partial charge in [-0.3, -0.25) is 9.59 Å². The third kappa shape index (κ3) is 4.80. The van der Waals surface area contributed by atoms with Gasteiger partial charge in [0.15, 0.2) is 6.10 Å². The van der Waals surface area contributed by atoms with Crippen LogP contribution in [0.1, 0.15) is 18.9 Å². The van der Waals surface area contributed by atoms with Gasteiger partial charge in [-0.25, -0.2) is 0 Å². The number of para-hydroxylation sites is 2. The van der Waals surface area contributed by atoms with Crippen LogP contribution in [-0.2, 0) is 15.3 Å². The minimum Gasteiger partial charge on any atom is -0.479 e. The minimum atomic E-state index is -0.526. The Morgan fingerprint density at radius 2 is 2.19 bits per heavy atom. The highest BCUT2D eigenvalue weighted by Crippen LogP contribution is 2.33. The standard InChI is InChI=1S/C19H22N2O3S2/c1-14-19(23)21(16-4-2-3-5-17(16)24-14)9-6-18(22)20-8-11-26-13-15-7-10-25-12-15/h2-5,7,10,12,14H,6,8-9,11,13H2,1H3,(H,20,22). The number of nitrogens with zero attached hydrogens (tertiary/aromatic N) is 1. The molecule has 1 unspecified atom stereocenters. The van der Waals surface area contributed by atoms with Crippen molar-refractivity contribution in [2.45, 2.75) is 25.2 Å². The van der Waals surface area contributed by atoms with Crippen molar-refractivity contribution in [2.75, 3.05) is 23.7 Å². The van der Waals surface area contributed by atoms with Crippen molar-refractivity contribution in [3.05, 3.63) is 46.7 Å². The Morgan fingerprint density at radius 3 is 3.00 bits per heavy atom. The van der Waals surface area contributed by atoms with Crippen molar-refractivity contribution in [3.8, 4) is 5.75 Å². The molecule has 2 amide bonds. The molecule has 2 heterocycles. The molecule has 5 nitrogen and oxygen atoms in total. The maximum Gasteiger partial charge on any atom is 0.267 e. The fraction of sp³-hybridized carbons (Fsp3) is 0.368. The zero-order valence-corrected chi connectivity index (χ0v) is 16.3. The summed E-state index contributed by atoms with van der Waals surface area (Å²) in [6.07, 6.45) is -0.247. The molecule has 0 saturated heterocycles. The zero-order valence-electron chi connectivity index (χ0n) is 14.6. The molecule has 0 fully saturated rings. The normalized spacial score (nSPS) is 16.1. The Labute approximate surface area is 161 Å². The average molecular weight is 391 g/mol. The van der Waals surface area contributed by atoms with Crippen LogP contribution in [0.5, 0.6) is 5.75 Å². The van der Waals surface area contributed by atoms with Gasteiger partial charge in [0, 0.05) is 31.0 Å². The molecule has 7 heteroatoms. The predicted octanol–water partition coefficient (Wildman–Crippen LogP) is 3.30. The summed E-state index contributed by atoms with van der Waals surface area (Å²) in [7, 11) is 0. The van der Waals surface area contributed by atoms with Crippen molar-refractivity contribution in [1.82, 2.24) is 5.32 Å². The number of carbonyl (C=O) groups excluding carboxylic acids is 2. The van der Waals surface area contributed by atoms with Crippen LogP contribution in [0.2, 0.25) is 0 Å². The van der Waals surface area contributed by atoms with Crippen molar-refractivity contribution in [1.29, 1.82) is 0 Å². The Hall–Kier alpha value is -1.99. The molecule has 1 aliphatic rings. The monoisotopic (exact) mass is 390 g/mol. The van der Waals surface area contributed by atoms with Crippen LogP contribution in [0.4, 0.5) is 5.69 Å². The molecule has 0 spiro atoms. The van der Waals surface area contributed by atoms with Gasteiger partial charge in [-0.2, -0.15) is 23.1 Å². The van der Waals surface area contributed by atoms with Gasteiger partial charge in [0.2, 0.25) is 5.91 Å². The molecule has 0 saturated carbocycles. The van der Waals surface area contributed by atoms with E-state index in [0.717, 1.165) is 17.2 Å². The number of benzene rings is 1. The number of amides is 2. The lowest BCUT2D eigenvalue weighted by molar-refractivity contribution is -0.125. The van der Waals surface area contributed by atoms with Crippen molar-refractivity contribution in [3.63, 3.8) is 0 Å².